The molecule has 144 valence electrons. The lowest BCUT2D eigenvalue weighted by molar-refractivity contribution is 0.137. The number of rotatable bonds is 3. The zero-order valence-electron chi connectivity index (χ0n) is 14.6. The highest BCUT2D eigenvalue weighted by Crippen LogP contribution is 2.46. The predicted octanol–water partition coefficient (Wildman–Crippen LogP) is 3.55. The molecule has 1 aromatic carbocycles. The van der Waals surface area contributed by atoms with Gasteiger partial charge in [0.25, 0.3) is 0 Å². The second-order valence-electron chi connectivity index (χ2n) is 7.13. The fourth-order valence-electron chi connectivity index (χ4n) is 4.18. The van der Waals surface area contributed by atoms with Gasteiger partial charge in [0.1, 0.15) is 11.9 Å². The molecule has 0 aromatic heterocycles. The third-order valence-electron chi connectivity index (χ3n) is 5.35. The van der Waals surface area contributed by atoms with Crippen LogP contribution in [0.4, 0.5) is 4.79 Å². The molecule has 0 spiro atoms. The third kappa shape index (κ3) is 4.29. The van der Waals surface area contributed by atoms with Gasteiger partial charge < -0.3 is 14.9 Å². The molecule has 1 heterocycles. The maximum Gasteiger partial charge on any atom is 0.503 e. The minimum atomic E-state index is -3.43. The van der Waals surface area contributed by atoms with Gasteiger partial charge in [0.15, 0.2) is 0 Å². The van der Waals surface area contributed by atoms with Gasteiger partial charge in [-0.05, 0) is 38.2 Å². The van der Waals surface area contributed by atoms with Gasteiger partial charge >= 0.3 is 6.16 Å². The van der Waals surface area contributed by atoms with Crippen LogP contribution in [0.1, 0.15) is 62.8 Å². The lowest BCUT2D eigenvalue weighted by atomic mass is 9.83. The zero-order chi connectivity index (χ0) is 18.7. The van der Waals surface area contributed by atoms with Gasteiger partial charge in [-0.3, -0.25) is 0 Å². The normalized spacial score (nSPS) is 24.8. The van der Waals surface area contributed by atoms with E-state index in [0.717, 1.165) is 44.3 Å². The molecule has 26 heavy (non-hydrogen) atoms. The van der Waals surface area contributed by atoms with Crippen LogP contribution in [0.5, 0.6) is 5.75 Å². The highest BCUT2D eigenvalue weighted by molar-refractivity contribution is 7.89. The Bertz CT molecular complexity index is 753. The smallest absolute Gasteiger partial charge is 0.489 e. The van der Waals surface area contributed by atoms with E-state index in [1.54, 1.807) is 12.1 Å². The molecule has 7 nitrogen and oxygen atoms in total. The predicted molar refractivity (Wildman–Crippen MR) is 95.3 cm³/mol. The molecule has 0 bridgehead atoms. The molecule has 0 saturated heterocycles. The van der Waals surface area contributed by atoms with Crippen molar-refractivity contribution < 1.29 is 28.2 Å². The van der Waals surface area contributed by atoms with Gasteiger partial charge in [-0.25, -0.2) is 17.9 Å². The van der Waals surface area contributed by atoms with E-state index in [4.69, 9.17) is 19.7 Å². The van der Waals surface area contributed by atoms with Crippen molar-refractivity contribution in [2.45, 2.75) is 74.3 Å². The second kappa shape index (κ2) is 7.84. The summed E-state index contributed by atoms with van der Waals surface area (Å²) in [5.74, 6) is 1.24. The monoisotopic (exact) mass is 383 g/mol. The number of sulfonamides is 1. The van der Waals surface area contributed by atoms with Gasteiger partial charge in [-0.2, -0.15) is 0 Å². The van der Waals surface area contributed by atoms with E-state index in [-0.39, 0.29) is 12.1 Å². The summed E-state index contributed by atoms with van der Waals surface area (Å²) >= 11 is 0. The van der Waals surface area contributed by atoms with E-state index in [0.29, 0.717) is 10.8 Å². The first-order valence-electron chi connectivity index (χ1n) is 9.11. The molecule has 3 aliphatic rings. The van der Waals surface area contributed by atoms with Gasteiger partial charge in [-0.1, -0.05) is 25.3 Å². The number of hydrogen-bond donors (Lipinski definition) is 3. The summed E-state index contributed by atoms with van der Waals surface area (Å²) in [7, 11) is -3.43. The average molecular weight is 383 g/mol. The van der Waals surface area contributed by atoms with E-state index in [1.165, 1.54) is 18.4 Å². The van der Waals surface area contributed by atoms with Crippen LogP contribution in [0.15, 0.2) is 23.1 Å². The summed E-state index contributed by atoms with van der Waals surface area (Å²) in [4.78, 5) is 8.90. The Kier molecular flexibility index (Phi) is 5.72. The molecule has 2 aliphatic carbocycles. The molecule has 2 fully saturated rings. The van der Waals surface area contributed by atoms with Crippen molar-refractivity contribution in [2.75, 3.05) is 0 Å². The van der Waals surface area contributed by atoms with Crippen LogP contribution >= 0.6 is 0 Å². The Balaban J connectivity index is 0.000000447. The number of hydrogen-bond acceptors (Lipinski definition) is 4. The summed E-state index contributed by atoms with van der Waals surface area (Å²) < 4.78 is 33.9. The van der Waals surface area contributed by atoms with Crippen LogP contribution < -0.4 is 9.46 Å². The van der Waals surface area contributed by atoms with Crippen LogP contribution in [-0.2, 0) is 10.0 Å². The largest absolute Gasteiger partial charge is 0.503 e. The number of ether oxygens (including phenoxy) is 1. The quantitative estimate of drug-likeness (QED) is 0.736. The Morgan fingerprint density at radius 1 is 1.04 bits per heavy atom. The minimum absolute atomic E-state index is 0.0988. The second-order valence-corrected chi connectivity index (χ2v) is 8.85. The standard InChI is InChI=1S/C17H23NO3S.CH2O3/c19-22(20,18-12-5-1-2-6-12)13-9-10-15-14-7-3-4-8-16(14)21-17(15)11-13;2-1(3)4/h9-12,14,16,18H,1-8H2;(H2,2,3,4). The van der Waals surface area contributed by atoms with E-state index < -0.39 is 16.2 Å². The molecule has 1 aromatic rings. The molecule has 2 unspecified atom stereocenters. The Hall–Kier alpha value is -1.80. The maximum atomic E-state index is 12.5. The van der Waals surface area contributed by atoms with E-state index in [2.05, 4.69) is 4.72 Å². The summed E-state index contributed by atoms with van der Waals surface area (Å²) in [6, 6.07) is 5.54. The highest BCUT2D eigenvalue weighted by Gasteiger charge is 2.36. The van der Waals surface area contributed by atoms with Crippen LogP contribution in [0.25, 0.3) is 0 Å². The minimum Gasteiger partial charge on any atom is -0.489 e. The number of fused-ring (bicyclic) bond motifs is 3. The number of carboxylic acid groups (broad SMARTS) is 2. The number of nitrogens with one attached hydrogen (secondary N) is 1. The van der Waals surface area contributed by atoms with Crippen molar-refractivity contribution in [1.29, 1.82) is 0 Å². The molecule has 2 atom stereocenters. The summed E-state index contributed by atoms with van der Waals surface area (Å²) in [5.41, 5.74) is 1.20. The van der Waals surface area contributed by atoms with Crippen molar-refractivity contribution >= 4 is 16.2 Å². The molecular weight excluding hydrogens is 358 g/mol. The zero-order valence-corrected chi connectivity index (χ0v) is 15.4. The van der Waals surface area contributed by atoms with Gasteiger partial charge in [0.2, 0.25) is 10.0 Å². The molecule has 0 radical (unpaired) electrons. The van der Waals surface area contributed by atoms with E-state index >= 15 is 0 Å². The summed E-state index contributed by atoms with van der Waals surface area (Å²) in [5, 5.41) is 13.9. The third-order valence-corrected chi connectivity index (χ3v) is 6.87. The van der Waals surface area contributed by atoms with Crippen LogP contribution in [0.2, 0.25) is 0 Å². The van der Waals surface area contributed by atoms with Gasteiger partial charge in [-0.15, -0.1) is 0 Å². The van der Waals surface area contributed by atoms with E-state index in [9.17, 15) is 8.42 Å². The van der Waals surface area contributed by atoms with Crippen molar-refractivity contribution in [3.8, 4) is 5.75 Å². The topological polar surface area (TPSA) is 113 Å². The first-order chi connectivity index (χ1) is 12.4. The molecule has 3 N–H and O–H groups in total. The fourth-order valence-corrected chi connectivity index (χ4v) is 5.50. The molecular formula is C18H25NO6S. The van der Waals surface area contributed by atoms with Crippen molar-refractivity contribution in [1.82, 2.24) is 4.72 Å². The Labute approximate surface area is 153 Å². The van der Waals surface area contributed by atoms with E-state index in [1.807, 2.05) is 6.07 Å². The lowest BCUT2D eigenvalue weighted by Crippen LogP contribution is -2.32. The van der Waals surface area contributed by atoms with Crippen molar-refractivity contribution in [3.05, 3.63) is 23.8 Å². The fraction of sp³-hybridized carbons (Fsp3) is 0.611. The summed E-state index contributed by atoms with van der Waals surface area (Å²) in [6.07, 6.45) is 7.25. The SMILES string of the molecule is O=C(O)O.O=S(=O)(NC1CCCC1)c1ccc2c(c1)OC1CCCCC21. The molecule has 4 rings (SSSR count). The number of benzene rings is 1. The van der Waals surface area contributed by atoms with Crippen LogP contribution in [0.3, 0.4) is 0 Å². The van der Waals surface area contributed by atoms with Crippen molar-refractivity contribution in [3.63, 3.8) is 0 Å². The van der Waals surface area contributed by atoms with Crippen LogP contribution in [-0.4, -0.2) is 36.9 Å². The molecule has 0 amide bonds. The number of carbonyl (C=O) groups is 1. The van der Waals surface area contributed by atoms with Crippen molar-refractivity contribution in [2.24, 2.45) is 0 Å². The molecule has 8 heteroatoms. The Morgan fingerprint density at radius 2 is 1.65 bits per heavy atom. The first kappa shape index (κ1) is 19.0. The first-order valence-corrected chi connectivity index (χ1v) is 10.6. The molecule has 2 saturated carbocycles. The average Bonchev–Trinajstić information content (AvgIpc) is 3.20. The highest BCUT2D eigenvalue weighted by atomic mass is 32.2. The van der Waals surface area contributed by atoms with Gasteiger partial charge in [0, 0.05) is 23.6 Å². The Morgan fingerprint density at radius 3 is 2.35 bits per heavy atom. The molecule has 1 aliphatic heterocycles. The lowest BCUT2D eigenvalue weighted by Gasteiger charge is -2.23. The van der Waals surface area contributed by atoms with Gasteiger partial charge in [0.05, 0.1) is 4.90 Å². The maximum absolute atomic E-state index is 12.5. The van der Waals surface area contributed by atoms with Crippen LogP contribution in [0, 0.1) is 0 Å². The summed E-state index contributed by atoms with van der Waals surface area (Å²) in [6.45, 7) is 0.